The molecule has 0 saturated heterocycles. The molecule has 3 rings (SSSR count). The highest BCUT2D eigenvalue weighted by Gasteiger charge is 2.23. The predicted molar refractivity (Wildman–Crippen MR) is 86.5 cm³/mol. The molecule has 7 nitrogen and oxygen atoms in total. The molecule has 0 radical (unpaired) electrons. The van der Waals surface area contributed by atoms with Crippen LogP contribution in [0.3, 0.4) is 0 Å². The molecule has 24 heavy (non-hydrogen) atoms. The van der Waals surface area contributed by atoms with Gasteiger partial charge in [-0.1, -0.05) is 0 Å². The van der Waals surface area contributed by atoms with Gasteiger partial charge in [-0.25, -0.2) is 4.79 Å². The second-order valence-electron chi connectivity index (χ2n) is 5.34. The summed E-state index contributed by atoms with van der Waals surface area (Å²) in [6.07, 6.45) is 0. The van der Waals surface area contributed by atoms with Gasteiger partial charge in [0.25, 0.3) is 5.91 Å². The van der Waals surface area contributed by atoms with Gasteiger partial charge >= 0.3 is 5.97 Å². The molecule has 1 aromatic heterocycles. The number of aromatic carboxylic acids is 1. The molecule has 0 saturated carbocycles. The molecule has 1 aliphatic heterocycles. The van der Waals surface area contributed by atoms with Crippen molar-refractivity contribution >= 4 is 27.8 Å². The normalized spacial score (nSPS) is 12.3. The Labute approximate surface area is 145 Å². The first-order valence-electron chi connectivity index (χ1n) is 7.04. The van der Waals surface area contributed by atoms with E-state index >= 15 is 0 Å². The van der Waals surface area contributed by atoms with Crippen LogP contribution in [0.1, 0.15) is 32.2 Å². The Balaban J connectivity index is 1.79. The smallest absolute Gasteiger partial charge is 0.339 e. The van der Waals surface area contributed by atoms with Crippen LogP contribution in [0.2, 0.25) is 0 Å². The molecule has 0 atom stereocenters. The van der Waals surface area contributed by atoms with Crippen LogP contribution in [0.25, 0.3) is 0 Å². The fraction of sp³-hybridized carbons (Fsp3) is 0.250. The number of carbonyl (C=O) groups is 2. The van der Waals surface area contributed by atoms with E-state index in [0.717, 1.165) is 0 Å². The van der Waals surface area contributed by atoms with Crippen LogP contribution >= 0.6 is 15.9 Å². The lowest BCUT2D eigenvalue weighted by atomic mass is 10.1. The summed E-state index contributed by atoms with van der Waals surface area (Å²) in [5, 5.41) is 9.05. The fourth-order valence-corrected chi connectivity index (χ4v) is 3.01. The van der Waals surface area contributed by atoms with Crippen LogP contribution in [0.5, 0.6) is 11.5 Å². The highest BCUT2D eigenvalue weighted by atomic mass is 79.9. The van der Waals surface area contributed by atoms with Crippen LogP contribution in [-0.4, -0.2) is 35.7 Å². The molecular formula is C16H14BrNO6. The number of fused-ring (bicyclic) bond motifs is 1. The Morgan fingerprint density at radius 3 is 2.71 bits per heavy atom. The molecule has 1 amide bonds. The molecule has 1 aliphatic rings. The van der Waals surface area contributed by atoms with E-state index in [1.54, 1.807) is 26.1 Å². The number of halogens is 1. The molecule has 0 fully saturated rings. The zero-order chi connectivity index (χ0) is 17.4. The van der Waals surface area contributed by atoms with E-state index in [0.29, 0.717) is 33.1 Å². The van der Waals surface area contributed by atoms with Gasteiger partial charge in [0.15, 0.2) is 11.5 Å². The molecule has 8 heteroatoms. The Morgan fingerprint density at radius 1 is 1.29 bits per heavy atom. The first kappa shape index (κ1) is 16.4. The maximum Gasteiger partial charge on any atom is 0.339 e. The Kier molecular flexibility index (Phi) is 4.23. The molecule has 2 heterocycles. The molecule has 1 aromatic carbocycles. The second-order valence-corrected chi connectivity index (χ2v) is 6.20. The van der Waals surface area contributed by atoms with Crippen molar-refractivity contribution < 1.29 is 28.6 Å². The number of ether oxygens (including phenoxy) is 2. The number of amides is 1. The summed E-state index contributed by atoms with van der Waals surface area (Å²) in [7, 11) is 1.61. The van der Waals surface area contributed by atoms with Gasteiger partial charge in [-0.3, -0.25) is 4.79 Å². The van der Waals surface area contributed by atoms with Gasteiger partial charge in [0.1, 0.15) is 17.1 Å². The van der Waals surface area contributed by atoms with Crippen molar-refractivity contribution in [3.8, 4) is 11.5 Å². The standard InChI is InChI=1S/C16H14BrNO6/c1-8-11(16(20)21)5-10(24-8)6-18(2)15(19)9-3-12(17)14-13(4-9)22-7-23-14/h3-5H,6-7H2,1-2H3,(H,20,21). The number of hydrogen-bond donors (Lipinski definition) is 1. The van der Waals surface area contributed by atoms with Gasteiger partial charge in [-0.15, -0.1) is 0 Å². The van der Waals surface area contributed by atoms with Crippen LogP contribution in [0.15, 0.2) is 27.1 Å². The molecule has 126 valence electrons. The van der Waals surface area contributed by atoms with Crippen molar-refractivity contribution in [2.75, 3.05) is 13.8 Å². The average molecular weight is 396 g/mol. The van der Waals surface area contributed by atoms with Gasteiger partial charge in [0, 0.05) is 12.6 Å². The maximum absolute atomic E-state index is 12.6. The highest BCUT2D eigenvalue weighted by molar-refractivity contribution is 9.10. The molecule has 0 spiro atoms. The molecule has 1 N–H and O–H groups in total. The summed E-state index contributed by atoms with van der Waals surface area (Å²) in [6, 6.07) is 4.70. The number of carboxylic acid groups (broad SMARTS) is 1. The number of furan rings is 1. The van der Waals surface area contributed by atoms with E-state index in [-0.39, 0.29) is 24.8 Å². The molecule has 2 aromatic rings. The van der Waals surface area contributed by atoms with Gasteiger partial charge < -0.3 is 23.9 Å². The SMILES string of the molecule is Cc1oc(CN(C)C(=O)c2cc(Br)c3c(c2)OCO3)cc1C(=O)O. The number of aryl methyl sites for hydroxylation is 1. The molecule has 0 aliphatic carbocycles. The number of carboxylic acids is 1. The van der Waals surface area contributed by atoms with Crippen LogP contribution in [0.4, 0.5) is 0 Å². The lowest BCUT2D eigenvalue weighted by molar-refractivity contribution is 0.0694. The number of benzene rings is 1. The van der Waals surface area contributed by atoms with Crippen molar-refractivity contribution in [3.63, 3.8) is 0 Å². The van der Waals surface area contributed by atoms with Crippen LogP contribution in [-0.2, 0) is 6.54 Å². The lowest BCUT2D eigenvalue weighted by Crippen LogP contribution is -2.26. The third kappa shape index (κ3) is 2.96. The van der Waals surface area contributed by atoms with Crippen molar-refractivity contribution in [2.45, 2.75) is 13.5 Å². The Morgan fingerprint density at radius 2 is 2.04 bits per heavy atom. The zero-order valence-electron chi connectivity index (χ0n) is 13.0. The summed E-state index contributed by atoms with van der Waals surface area (Å²) in [6.45, 7) is 1.84. The van der Waals surface area contributed by atoms with Crippen molar-refractivity contribution in [1.29, 1.82) is 0 Å². The van der Waals surface area contributed by atoms with Gasteiger partial charge in [-0.05, 0) is 41.1 Å². The average Bonchev–Trinajstić information content (AvgIpc) is 3.13. The largest absolute Gasteiger partial charge is 0.478 e. The minimum Gasteiger partial charge on any atom is -0.478 e. The monoisotopic (exact) mass is 395 g/mol. The fourth-order valence-electron chi connectivity index (χ4n) is 2.45. The highest BCUT2D eigenvalue weighted by Crippen LogP contribution is 2.40. The van der Waals surface area contributed by atoms with E-state index in [4.69, 9.17) is 19.0 Å². The number of carbonyl (C=O) groups excluding carboxylic acids is 1. The zero-order valence-corrected chi connectivity index (χ0v) is 14.5. The molecule has 0 unspecified atom stereocenters. The topological polar surface area (TPSA) is 89.2 Å². The van der Waals surface area contributed by atoms with Crippen molar-refractivity contribution in [2.24, 2.45) is 0 Å². The van der Waals surface area contributed by atoms with Crippen molar-refractivity contribution in [3.05, 3.63) is 45.3 Å². The predicted octanol–water partition coefficient (Wildman–Crippen LogP) is 3.05. The Hall–Kier alpha value is -2.48. The Bertz CT molecular complexity index is 828. The third-order valence-electron chi connectivity index (χ3n) is 3.61. The first-order valence-corrected chi connectivity index (χ1v) is 7.83. The van der Waals surface area contributed by atoms with Gasteiger partial charge in [0.2, 0.25) is 6.79 Å². The maximum atomic E-state index is 12.6. The minimum atomic E-state index is -1.06. The minimum absolute atomic E-state index is 0.0941. The number of rotatable bonds is 4. The first-order chi connectivity index (χ1) is 11.4. The number of hydrogen-bond acceptors (Lipinski definition) is 5. The van der Waals surface area contributed by atoms with Gasteiger partial charge in [-0.2, -0.15) is 0 Å². The van der Waals surface area contributed by atoms with Crippen LogP contribution < -0.4 is 9.47 Å². The third-order valence-corrected chi connectivity index (χ3v) is 4.20. The molecular weight excluding hydrogens is 382 g/mol. The van der Waals surface area contributed by atoms with E-state index in [1.165, 1.54) is 11.0 Å². The van der Waals surface area contributed by atoms with E-state index in [2.05, 4.69) is 15.9 Å². The summed E-state index contributed by atoms with van der Waals surface area (Å²) >= 11 is 3.35. The van der Waals surface area contributed by atoms with E-state index in [9.17, 15) is 9.59 Å². The summed E-state index contributed by atoms with van der Waals surface area (Å²) in [5.41, 5.74) is 0.520. The summed E-state index contributed by atoms with van der Waals surface area (Å²) < 4.78 is 16.6. The summed E-state index contributed by atoms with van der Waals surface area (Å²) in [5.74, 6) is 0.478. The summed E-state index contributed by atoms with van der Waals surface area (Å²) in [4.78, 5) is 25.1. The number of nitrogens with zero attached hydrogens (tertiary/aromatic N) is 1. The van der Waals surface area contributed by atoms with Gasteiger partial charge in [0.05, 0.1) is 11.0 Å². The van der Waals surface area contributed by atoms with E-state index in [1.807, 2.05) is 0 Å². The second kappa shape index (κ2) is 6.20. The lowest BCUT2D eigenvalue weighted by Gasteiger charge is -2.16. The quantitative estimate of drug-likeness (QED) is 0.855. The van der Waals surface area contributed by atoms with Crippen LogP contribution in [0, 0.1) is 6.92 Å². The molecule has 0 bridgehead atoms. The van der Waals surface area contributed by atoms with Crippen molar-refractivity contribution in [1.82, 2.24) is 4.90 Å². The van der Waals surface area contributed by atoms with E-state index < -0.39 is 5.97 Å².